The minimum Gasteiger partial charge on any atom is -0.458 e. The first-order valence-corrected chi connectivity index (χ1v) is 13.4. The molecule has 0 saturated heterocycles. The Morgan fingerprint density at radius 3 is 2.56 bits per heavy atom. The topological polar surface area (TPSA) is 68.2 Å². The van der Waals surface area contributed by atoms with Gasteiger partial charge in [-0.05, 0) is 76.6 Å². The number of hydrogen-bond acceptors (Lipinski definition) is 5. The third-order valence-electron chi connectivity index (χ3n) is 6.36. The molecule has 1 atom stereocenters. The van der Waals surface area contributed by atoms with E-state index in [9.17, 15) is 9.59 Å². The maximum Gasteiger partial charge on any atom is 0.339 e. The van der Waals surface area contributed by atoms with Crippen molar-refractivity contribution in [3.8, 4) is 0 Å². The molecule has 7 heteroatoms. The highest BCUT2D eigenvalue weighted by Crippen LogP contribution is 2.30. The average Bonchev–Trinajstić information content (AvgIpc) is 2.82. The third-order valence-corrected chi connectivity index (χ3v) is 6.88. The van der Waals surface area contributed by atoms with Crippen molar-refractivity contribution in [3.63, 3.8) is 0 Å². The highest BCUT2D eigenvalue weighted by Gasteiger charge is 2.24. The van der Waals surface area contributed by atoms with Crippen molar-refractivity contribution in [3.05, 3.63) is 57.1 Å². The van der Waals surface area contributed by atoms with Crippen molar-refractivity contribution in [2.24, 2.45) is 5.16 Å². The molecule has 0 aromatic heterocycles. The van der Waals surface area contributed by atoms with E-state index in [0.717, 1.165) is 42.4 Å². The fraction of sp³-hybridized carbons (Fsp3) is 0.552. The number of halogens is 1. The summed E-state index contributed by atoms with van der Waals surface area (Å²) in [5.41, 5.74) is 4.57. The van der Waals surface area contributed by atoms with Gasteiger partial charge in [-0.2, -0.15) is 0 Å². The zero-order valence-electron chi connectivity index (χ0n) is 22.7. The van der Waals surface area contributed by atoms with Gasteiger partial charge in [0, 0.05) is 31.0 Å². The number of aryl methyl sites for hydroxylation is 2. The number of rotatable bonds is 7. The molecule has 0 N–H and O–H groups in total. The standard InChI is InChI=1S/C29H41ClN2O4/c1-7-13-24-15-12-10-11-14-20(4)16-23(31-35-19-26(33)32(8-2)9-3)18-25-27(29(34)36-24)21(5)17-22(6)28(25)30/h10,12,16-17,24H,7-9,11,13-15,18-19H2,1-6H3/b12-10+,20-16+,31-23-. The van der Waals surface area contributed by atoms with Crippen molar-refractivity contribution in [2.45, 2.75) is 86.2 Å². The molecule has 1 amide bonds. The van der Waals surface area contributed by atoms with Crippen LogP contribution in [0.4, 0.5) is 0 Å². The van der Waals surface area contributed by atoms with Gasteiger partial charge in [0.05, 0.1) is 11.3 Å². The second kappa shape index (κ2) is 14.8. The van der Waals surface area contributed by atoms with Gasteiger partial charge < -0.3 is 14.5 Å². The van der Waals surface area contributed by atoms with E-state index in [0.29, 0.717) is 41.4 Å². The number of cyclic esters (lactones) is 1. The van der Waals surface area contributed by atoms with Gasteiger partial charge in [-0.1, -0.05) is 53.9 Å². The van der Waals surface area contributed by atoms with Crippen LogP contribution in [0, 0.1) is 13.8 Å². The Morgan fingerprint density at radius 1 is 1.17 bits per heavy atom. The van der Waals surface area contributed by atoms with E-state index in [1.54, 1.807) is 4.90 Å². The quantitative estimate of drug-likeness (QED) is 0.228. The second-order valence-electron chi connectivity index (χ2n) is 9.33. The number of ether oxygens (including phenoxy) is 1. The van der Waals surface area contributed by atoms with Gasteiger partial charge in [-0.25, -0.2) is 4.79 Å². The lowest BCUT2D eigenvalue weighted by Crippen LogP contribution is -2.33. The summed E-state index contributed by atoms with van der Waals surface area (Å²) < 4.78 is 5.97. The van der Waals surface area contributed by atoms with Gasteiger partial charge in [0.2, 0.25) is 0 Å². The van der Waals surface area contributed by atoms with Crippen LogP contribution in [0.15, 0.2) is 35.0 Å². The molecule has 1 unspecified atom stereocenters. The van der Waals surface area contributed by atoms with Crippen LogP contribution >= 0.6 is 11.6 Å². The van der Waals surface area contributed by atoms with Crippen LogP contribution in [-0.2, 0) is 20.8 Å². The van der Waals surface area contributed by atoms with Crippen LogP contribution in [0.2, 0.25) is 5.02 Å². The zero-order valence-corrected chi connectivity index (χ0v) is 23.4. The Bertz CT molecular complexity index is 1010. The van der Waals surface area contributed by atoms with Gasteiger partial charge in [0.15, 0.2) is 6.61 Å². The van der Waals surface area contributed by atoms with E-state index >= 15 is 0 Å². The van der Waals surface area contributed by atoms with Gasteiger partial charge in [0.25, 0.3) is 5.91 Å². The number of fused-ring (bicyclic) bond motifs is 1. The summed E-state index contributed by atoms with van der Waals surface area (Å²) in [6, 6.07) is 1.91. The van der Waals surface area contributed by atoms with Crippen molar-refractivity contribution in [1.82, 2.24) is 4.90 Å². The molecule has 0 aliphatic carbocycles. The SMILES string of the molecule is CCCC1C/C=C/CC/C(C)=C/C(=N/OCC(=O)N(CC)CC)Cc2c(Cl)c(C)cc(C)c2C(=O)O1. The van der Waals surface area contributed by atoms with Crippen LogP contribution in [0.5, 0.6) is 0 Å². The van der Waals surface area contributed by atoms with Crippen molar-refractivity contribution < 1.29 is 19.2 Å². The van der Waals surface area contributed by atoms with Crippen LogP contribution in [0.1, 0.15) is 86.8 Å². The number of carbonyl (C=O) groups excluding carboxylic acids is 2. The molecule has 0 spiro atoms. The molecule has 0 bridgehead atoms. The number of amides is 1. The van der Waals surface area contributed by atoms with Gasteiger partial charge >= 0.3 is 5.97 Å². The van der Waals surface area contributed by atoms with Gasteiger partial charge in [-0.3, -0.25) is 4.79 Å². The zero-order chi connectivity index (χ0) is 26.7. The normalized spacial score (nSPS) is 20.5. The smallest absolute Gasteiger partial charge is 0.339 e. The molecule has 1 heterocycles. The van der Waals surface area contributed by atoms with Gasteiger partial charge in [-0.15, -0.1) is 0 Å². The molecule has 198 valence electrons. The number of hydrogen-bond donors (Lipinski definition) is 0. The molecule has 36 heavy (non-hydrogen) atoms. The lowest BCUT2D eigenvalue weighted by molar-refractivity contribution is -0.135. The number of likely N-dealkylation sites (N-methyl/N-ethyl adjacent to an activating group) is 1. The van der Waals surface area contributed by atoms with E-state index in [4.69, 9.17) is 21.2 Å². The Hall–Kier alpha value is -2.60. The molecular formula is C29H41ClN2O4. The maximum atomic E-state index is 13.4. The molecular weight excluding hydrogens is 476 g/mol. The van der Waals surface area contributed by atoms with E-state index in [1.807, 2.05) is 39.8 Å². The molecule has 0 radical (unpaired) electrons. The Labute approximate surface area is 221 Å². The minimum atomic E-state index is -0.369. The summed E-state index contributed by atoms with van der Waals surface area (Å²) in [7, 11) is 0. The van der Waals surface area contributed by atoms with E-state index in [-0.39, 0.29) is 31.0 Å². The molecule has 1 aromatic carbocycles. The number of allylic oxidation sites excluding steroid dienone is 3. The summed E-state index contributed by atoms with van der Waals surface area (Å²) in [5.74, 6) is -0.488. The van der Waals surface area contributed by atoms with Crippen molar-refractivity contribution >= 4 is 29.2 Å². The predicted octanol–water partition coefficient (Wildman–Crippen LogP) is 6.75. The van der Waals surface area contributed by atoms with Crippen LogP contribution in [-0.4, -0.2) is 48.3 Å². The number of benzene rings is 1. The largest absolute Gasteiger partial charge is 0.458 e. The summed E-state index contributed by atoms with van der Waals surface area (Å²) >= 11 is 6.77. The monoisotopic (exact) mass is 516 g/mol. The Kier molecular flexibility index (Phi) is 12.2. The van der Waals surface area contributed by atoms with Crippen LogP contribution in [0.25, 0.3) is 0 Å². The second-order valence-corrected chi connectivity index (χ2v) is 9.71. The number of carbonyl (C=O) groups is 2. The number of oxime groups is 1. The van der Waals surface area contributed by atoms with Gasteiger partial charge in [0.1, 0.15) is 6.10 Å². The summed E-state index contributed by atoms with van der Waals surface area (Å²) in [5, 5.41) is 4.85. The highest BCUT2D eigenvalue weighted by atomic mass is 35.5. The number of esters is 1. The van der Waals surface area contributed by atoms with E-state index < -0.39 is 0 Å². The predicted molar refractivity (Wildman–Crippen MR) is 147 cm³/mol. The first kappa shape index (κ1) is 29.6. The summed E-state index contributed by atoms with van der Waals surface area (Å²) in [6.45, 7) is 12.9. The fourth-order valence-corrected chi connectivity index (χ4v) is 4.63. The summed E-state index contributed by atoms with van der Waals surface area (Å²) in [4.78, 5) is 33.0. The molecule has 0 saturated carbocycles. The minimum absolute atomic E-state index is 0.119. The first-order valence-electron chi connectivity index (χ1n) is 13.0. The third kappa shape index (κ3) is 8.51. The summed E-state index contributed by atoms with van der Waals surface area (Å²) in [6.07, 6.45) is 10.4. The van der Waals surface area contributed by atoms with E-state index in [2.05, 4.69) is 31.2 Å². The molecule has 6 nitrogen and oxygen atoms in total. The lowest BCUT2D eigenvalue weighted by atomic mass is 9.94. The molecule has 2 rings (SSSR count). The Balaban J connectivity index is 2.51. The maximum absolute atomic E-state index is 13.4. The highest BCUT2D eigenvalue weighted by molar-refractivity contribution is 6.33. The van der Waals surface area contributed by atoms with Crippen LogP contribution < -0.4 is 0 Å². The molecule has 1 aliphatic heterocycles. The number of nitrogens with zero attached hydrogens (tertiary/aromatic N) is 2. The molecule has 1 aliphatic rings. The average molecular weight is 517 g/mol. The Morgan fingerprint density at radius 2 is 1.89 bits per heavy atom. The lowest BCUT2D eigenvalue weighted by Gasteiger charge is -2.20. The first-order chi connectivity index (χ1) is 17.2. The van der Waals surface area contributed by atoms with Crippen molar-refractivity contribution in [1.29, 1.82) is 0 Å². The fourth-order valence-electron chi connectivity index (χ4n) is 4.42. The molecule has 1 aromatic rings. The molecule has 0 fully saturated rings. The van der Waals surface area contributed by atoms with Crippen molar-refractivity contribution in [2.75, 3.05) is 19.7 Å². The van der Waals surface area contributed by atoms with Crippen LogP contribution in [0.3, 0.4) is 0 Å². The van der Waals surface area contributed by atoms with E-state index in [1.165, 1.54) is 0 Å².